The highest BCUT2D eigenvalue weighted by molar-refractivity contribution is 8.01. The first-order valence-corrected chi connectivity index (χ1v) is 22.0. The quantitative estimate of drug-likeness (QED) is 0.122. The van der Waals surface area contributed by atoms with Crippen molar-refractivity contribution in [3.05, 3.63) is 115 Å². The molecule has 0 unspecified atom stereocenters. The Hall–Kier alpha value is -4.79. The van der Waals surface area contributed by atoms with Crippen molar-refractivity contribution < 1.29 is 19.1 Å². The number of hydrogen-bond donors (Lipinski definition) is 0. The number of nitrogens with zero attached hydrogens (tertiary/aromatic N) is 6. The van der Waals surface area contributed by atoms with E-state index in [0.29, 0.717) is 72.8 Å². The van der Waals surface area contributed by atoms with Gasteiger partial charge in [-0.05, 0) is 52.3 Å². The zero-order valence-electron chi connectivity index (χ0n) is 34.4. The van der Waals surface area contributed by atoms with Gasteiger partial charge in [-0.25, -0.2) is 0 Å². The van der Waals surface area contributed by atoms with Crippen LogP contribution in [0.15, 0.2) is 82.9 Å². The first kappa shape index (κ1) is 41.9. The maximum absolute atomic E-state index is 13.7. The largest absolute Gasteiger partial charge is 0.466 e. The lowest BCUT2D eigenvalue weighted by Crippen LogP contribution is -2.44. The maximum atomic E-state index is 13.7. The molecule has 12 nitrogen and oxygen atoms in total. The van der Waals surface area contributed by atoms with Gasteiger partial charge >= 0.3 is 11.9 Å². The molecular weight excluding hydrogens is 824 g/mol. The number of aromatic nitrogens is 4. The Morgan fingerprint density at radius 2 is 1.27 bits per heavy atom. The van der Waals surface area contributed by atoms with Crippen molar-refractivity contribution in [1.29, 1.82) is 0 Å². The van der Waals surface area contributed by atoms with E-state index in [9.17, 15) is 19.2 Å². The molecular formula is C45H48Cl2N6O6S. The van der Waals surface area contributed by atoms with Crippen LogP contribution in [-0.2, 0) is 46.2 Å². The molecule has 0 aliphatic carbocycles. The van der Waals surface area contributed by atoms with Gasteiger partial charge in [-0.15, -0.1) is 11.8 Å². The minimum atomic E-state index is -0.577. The summed E-state index contributed by atoms with van der Waals surface area (Å²) in [6, 6.07) is 15.3. The molecule has 6 heterocycles. The second kappa shape index (κ2) is 16.9. The highest BCUT2D eigenvalue weighted by atomic mass is 35.5. The van der Waals surface area contributed by atoms with Crippen molar-refractivity contribution in [2.24, 2.45) is 20.0 Å². The van der Waals surface area contributed by atoms with Gasteiger partial charge in [0.15, 0.2) is 0 Å². The van der Waals surface area contributed by atoms with E-state index in [-0.39, 0.29) is 29.0 Å². The van der Waals surface area contributed by atoms with E-state index in [1.807, 2.05) is 103 Å². The number of ether oxygens (including phenoxy) is 2. The smallest absolute Gasteiger partial charge is 0.321 e. The summed E-state index contributed by atoms with van der Waals surface area (Å²) in [4.78, 5) is 56.7. The molecule has 2 aliphatic rings. The van der Waals surface area contributed by atoms with Gasteiger partial charge in [0.25, 0.3) is 11.1 Å². The summed E-state index contributed by atoms with van der Waals surface area (Å²) >= 11 is 16.0. The third kappa shape index (κ3) is 7.82. The van der Waals surface area contributed by atoms with Gasteiger partial charge < -0.3 is 27.4 Å². The first-order chi connectivity index (χ1) is 28.8. The number of likely N-dealkylation sites (tertiary alicyclic amines) is 1. The van der Waals surface area contributed by atoms with Gasteiger partial charge in [-0.1, -0.05) is 59.6 Å². The average molecular weight is 872 g/mol. The zero-order chi connectivity index (χ0) is 42.5. The van der Waals surface area contributed by atoms with E-state index in [2.05, 4.69) is 9.80 Å². The Morgan fingerprint density at radius 1 is 0.750 bits per heavy atom. The fourth-order valence-corrected chi connectivity index (χ4v) is 10.1. The van der Waals surface area contributed by atoms with Crippen LogP contribution in [0.25, 0.3) is 44.4 Å². The number of carbonyl (C=O) groups excluding carboxylic acids is 2. The Bertz CT molecular complexity index is 2760. The van der Waals surface area contributed by atoms with Crippen LogP contribution in [0.2, 0.25) is 10.0 Å². The number of halogens is 2. The van der Waals surface area contributed by atoms with Crippen LogP contribution >= 0.6 is 35.0 Å². The molecule has 6 aromatic rings. The van der Waals surface area contributed by atoms with Crippen molar-refractivity contribution in [1.82, 2.24) is 27.7 Å². The molecule has 2 aliphatic heterocycles. The fraction of sp³-hybridized carbons (Fsp3) is 0.378. The number of benzene rings is 2. The molecule has 2 aromatic carbocycles. The van der Waals surface area contributed by atoms with Gasteiger partial charge in [-0.3, -0.25) is 29.0 Å². The average Bonchev–Trinajstić information content (AvgIpc) is 4.00. The molecule has 0 spiro atoms. The molecule has 2 atom stereocenters. The van der Waals surface area contributed by atoms with Crippen LogP contribution in [-0.4, -0.2) is 83.1 Å². The highest BCUT2D eigenvalue weighted by Crippen LogP contribution is 2.43. The van der Waals surface area contributed by atoms with Crippen LogP contribution < -0.4 is 11.1 Å². The minimum absolute atomic E-state index is 0.122. The Kier molecular flexibility index (Phi) is 11.8. The Morgan fingerprint density at radius 3 is 1.77 bits per heavy atom. The topological polar surface area (TPSA) is 112 Å². The molecule has 60 heavy (non-hydrogen) atoms. The van der Waals surface area contributed by atoms with E-state index >= 15 is 0 Å². The molecule has 0 N–H and O–H groups in total. The highest BCUT2D eigenvalue weighted by Gasteiger charge is 2.39. The number of carbonyl (C=O) groups is 2. The van der Waals surface area contributed by atoms with Crippen molar-refractivity contribution in [3.8, 4) is 33.4 Å². The summed E-state index contributed by atoms with van der Waals surface area (Å²) in [7, 11) is 3.56. The van der Waals surface area contributed by atoms with Gasteiger partial charge in [0.05, 0.1) is 40.6 Å². The predicted molar refractivity (Wildman–Crippen MR) is 238 cm³/mol. The monoisotopic (exact) mass is 870 g/mol. The summed E-state index contributed by atoms with van der Waals surface area (Å²) in [6.45, 7) is 9.42. The number of hydrogen-bond acceptors (Lipinski definition) is 9. The predicted octanol–water partition coefficient (Wildman–Crippen LogP) is 7.50. The Balaban J connectivity index is 1.05. The molecule has 0 saturated carbocycles. The third-order valence-corrected chi connectivity index (χ3v) is 14.3. The van der Waals surface area contributed by atoms with Gasteiger partial charge in [0.2, 0.25) is 0 Å². The molecule has 2 fully saturated rings. The lowest BCUT2D eigenvalue weighted by Gasteiger charge is -2.37. The number of thioether (sulfide) groups is 1. The van der Waals surface area contributed by atoms with Crippen LogP contribution in [0, 0.1) is 5.92 Å². The summed E-state index contributed by atoms with van der Waals surface area (Å²) in [5, 5.41) is 0.984. The van der Waals surface area contributed by atoms with Crippen LogP contribution in [0.5, 0.6) is 0 Å². The fourth-order valence-electron chi connectivity index (χ4n) is 8.33. The molecule has 8 rings (SSSR count). The van der Waals surface area contributed by atoms with Gasteiger partial charge in [0, 0.05) is 104 Å². The lowest BCUT2D eigenvalue weighted by molar-refractivity contribution is -0.147. The molecule has 2 saturated heterocycles. The number of esters is 2. The summed E-state index contributed by atoms with van der Waals surface area (Å²) in [5.74, 6) is 0.137. The van der Waals surface area contributed by atoms with Gasteiger partial charge in [-0.2, -0.15) is 0 Å². The van der Waals surface area contributed by atoms with E-state index in [4.69, 9.17) is 32.7 Å². The van der Waals surface area contributed by atoms with E-state index in [1.54, 1.807) is 35.0 Å². The third-order valence-electron chi connectivity index (χ3n) is 11.9. The molecule has 314 valence electrons. The normalized spacial score (nSPS) is 18.8. The second-order valence-electron chi connectivity index (χ2n) is 15.8. The molecule has 0 bridgehead atoms. The molecule has 15 heteroatoms. The maximum Gasteiger partial charge on any atom is 0.321 e. The number of fused-ring (bicyclic) bond motifs is 2. The molecule has 0 amide bonds. The SMILES string of the molecule is CCOC(=O)[C@H]1CCN(Cc2cn3cc(-c4cccc(-c5cccc(-c6cc7c(=O)n(C)c(CN8CC[C@](C)(C(=O)OCC)SC8)cn7c6)c5Cl)c4Cl)cc3c(=O)n2C)C1. The van der Waals surface area contributed by atoms with Crippen molar-refractivity contribution in [3.63, 3.8) is 0 Å². The van der Waals surface area contributed by atoms with Crippen molar-refractivity contribution >= 4 is 57.9 Å². The standard InChI is InChI=1S/C45H48Cl2N6O6S/c1-6-58-43(56)28-14-16-50(20-28)23-31-25-52-21-29(18-37(52)41(54)48(31)4)33-10-8-12-35(39(33)46)36-13-9-11-34(40(36)47)30-19-38-42(55)49(5)32(26-53(38)22-30)24-51-17-15-45(3,60-27-51)44(57)59-7-2/h8-13,18-19,21-22,25-26,28H,6-7,14-17,20,23-24,27H2,1-5H3/t28-,45+/m0/s1. The minimum Gasteiger partial charge on any atom is -0.466 e. The second-order valence-corrected chi connectivity index (χ2v) is 18.0. The summed E-state index contributed by atoms with van der Waals surface area (Å²) in [6.07, 6.45) is 9.18. The first-order valence-electron chi connectivity index (χ1n) is 20.2. The number of rotatable bonds is 11. The van der Waals surface area contributed by atoms with Crippen LogP contribution in [0.1, 0.15) is 45.0 Å². The summed E-state index contributed by atoms with van der Waals surface area (Å²) < 4.78 is 17.0. The lowest BCUT2D eigenvalue weighted by atomic mass is 9.97. The van der Waals surface area contributed by atoms with Gasteiger partial charge in [0.1, 0.15) is 15.8 Å². The van der Waals surface area contributed by atoms with E-state index in [1.165, 1.54) is 0 Å². The summed E-state index contributed by atoms with van der Waals surface area (Å²) in [5.41, 5.74) is 7.02. The van der Waals surface area contributed by atoms with Crippen molar-refractivity contribution in [2.45, 2.75) is 51.4 Å². The van der Waals surface area contributed by atoms with Crippen molar-refractivity contribution in [2.75, 3.05) is 38.7 Å². The van der Waals surface area contributed by atoms with Crippen LogP contribution in [0.4, 0.5) is 0 Å². The zero-order valence-corrected chi connectivity index (χ0v) is 36.7. The van der Waals surface area contributed by atoms with E-state index < -0.39 is 4.75 Å². The van der Waals surface area contributed by atoms with Crippen LogP contribution in [0.3, 0.4) is 0 Å². The molecule has 4 aromatic heterocycles. The Labute approximate surface area is 362 Å². The molecule has 0 radical (unpaired) electrons. The van der Waals surface area contributed by atoms with E-state index in [0.717, 1.165) is 57.7 Å².